The first kappa shape index (κ1) is 24.6. The highest BCUT2D eigenvalue weighted by Crippen LogP contribution is 2.42. The minimum Gasteiger partial charge on any atom is -0.381 e. The van der Waals surface area contributed by atoms with Gasteiger partial charge < -0.3 is 20.3 Å². The lowest BCUT2D eigenvalue weighted by Crippen LogP contribution is -2.43. The molecule has 0 saturated carbocycles. The molecule has 1 unspecified atom stereocenters. The summed E-state index contributed by atoms with van der Waals surface area (Å²) in [4.78, 5) is 32.7. The molecule has 1 spiro atoms. The summed E-state index contributed by atoms with van der Waals surface area (Å²) in [5, 5.41) is 12.8. The van der Waals surface area contributed by atoms with Gasteiger partial charge in [-0.05, 0) is 67.2 Å². The fourth-order valence-corrected chi connectivity index (χ4v) is 5.92. The number of amides is 2. The van der Waals surface area contributed by atoms with E-state index in [0.717, 1.165) is 61.6 Å². The molecule has 1 atom stereocenters. The van der Waals surface area contributed by atoms with Gasteiger partial charge in [-0.1, -0.05) is 36.4 Å². The molecule has 1 aromatic heterocycles. The van der Waals surface area contributed by atoms with Crippen molar-refractivity contribution in [2.45, 2.75) is 51.0 Å². The molecule has 198 valence electrons. The van der Waals surface area contributed by atoms with E-state index in [0.29, 0.717) is 30.5 Å². The molecule has 38 heavy (non-hydrogen) atoms. The highest BCUT2D eigenvalue weighted by Gasteiger charge is 2.36. The number of nitrogens with one attached hydrogen (secondary N) is 3. The molecule has 4 heterocycles. The molecule has 3 aromatic rings. The molecule has 2 saturated heterocycles. The van der Waals surface area contributed by atoms with Crippen LogP contribution in [0.3, 0.4) is 0 Å². The fourth-order valence-electron chi connectivity index (χ4n) is 5.92. The van der Waals surface area contributed by atoms with Crippen molar-refractivity contribution in [3.8, 4) is 0 Å². The minimum atomic E-state index is -0.655. The lowest BCUT2D eigenvalue weighted by atomic mass is 9.72. The Kier molecular flexibility index (Phi) is 6.84. The molecule has 2 aromatic carbocycles. The van der Waals surface area contributed by atoms with Gasteiger partial charge in [0.15, 0.2) is 0 Å². The van der Waals surface area contributed by atoms with Crippen molar-refractivity contribution >= 4 is 23.2 Å². The predicted octanol–water partition coefficient (Wildman–Crippen LogP) is 3.48. The number of hydrogen-bond acceptors (Lipinski definition) is 6. The first-order valence-corrected chi connectivity index (χ1v) is 13.6. The summed E-state index contributed by atoms with van der Waals surface area (Å²) in [7, 11) is 0. The number of hydrogen-bond donors (Lipinski definition) is 3. The molecular formula is C29H34N6O3. The molecule has 0 radical (unpaired) electrons. The van der Waals surface area contributed by atoms with Crippen LogP contribution in [0.15, 0.2) is 48.5 Å². The normalized spacial score (nSPS) is 20.9. The van der Waals surface area contributed by atoms with Crippen LogP contribution >= 0.6 is 0 Å². The average molecular weight is 515 g/mol. The van der Waals surface area contributed by atoms with Crippen LogP contribution in [0.5, 0.6) is 0 Å². The van der Waals surface area contributed by atoms with Gasteiger partial charge >= 0.3 is 0 Å². The van der Waals surface area contributed by atoms with Gasteiger partial charge in [-0.15, -0.1) is 5.10 Å². The number of rotatable bonds is 5. The van der Waals surface area contributed by atoms with E-state index < -0.39 is 11.9 Å². The molecule has 2 amide bonds. The monoisotopic (exact) mass is 514 g/mol. The maximum absolute atomic E-state index is 13.1. The molecule has 3 N–H and O–H groups in total. The van der Waals surface area contributed by atoms with E-state index in [1.807, 2.05) is 30.3 Å². The van der Waals surface area contributed by atoms with Crippen molar-refractivity contribution in [3.05, 3.63) is 71.3 Å². The van der Waals surface area contributed by atoms with Crippen LogP contribution in [0.25, 0.3) is 0 Å². The number of aromatic nitrogens is 3. The molecule has 9 nitrogen and oxygen atoms in total. The Bertz CT molecular complexity index is 1290. The van der Waals surface area contributed by atoms with Crippen molar-refractivity contribution in [1.82, 2.24) is 20.5 Å². The standard InChI is InChI=1S/C29H34N6O3/c36-27-23(30-28(37)26-32-25(33-34-26)18-20-4-2-1-3-5-20)9-7-21-6-8-22(19-24(21)31-27)35-14-10-29(11-15-35)12-16-38-17-13-29/h1-6,8,19,23H,7,9-18H2,(H,30,37)(H,31,36)(H,32,33,34). The van der Waals surface area contributed by atoms with Gasteiger partial charge in [-0.2, -0.15) is 0 Å². The Balaban J connectivity index is 1.07. The van der Waals surface area contributed by atoms with Crippen LogP contribution in [-0.2, 0) is 22.4 Å². The summed E-state index contributed by atoms with van der Waals surface area (Å²) in [6, 6.07) is 15.6. The number of nitrogens with zero attached hydrogens (tertiary/aromatic N) is 3. The average Bonchev–Trinajstić information content (AvgIpc) is 3.35. The molecule has 3 aliphatic heterocycles. The van der Waals surface area contributed by atoms with Crippen molar-refractivity contribution in [1.29, 1.82) is 0 Å². The molecule has 0 bridgehead atoms. The second kappa shape index (κ2) is 10.6. The Morgan fingerprint density at radius 1 is 1.08 bits per heavy atom. The van der Waals surface area contributed by atoms with E-state index >= 15 is 0 Å². The summed E-state index contributed by atoms with van der Waals surface area (Å²) in [6.45, 7) is 3.81. The van der Waals surface area contributed by atoms with E-state index in [2.05, 4.69) is 48.9 Å². The van der Waals surface area contributed by atoms with Gasteiger partial charge in [0.1, 0.15) is 11.9 Å². The number of fused-ring (bicyclic) bond motifs is 1. The maximum Gasteiger partial charge on any atom is 0.291 e. The Morgan fingerprint density at radius 3 is 2.66 bits per heavy atom. The van der Waals surface area contributed by atoms with Crippen LogP contribution in [-0.4, -0.2) is 59.3 Å². The van der Waals surface area contributed by atoms with Crippen molar-refractivity contribution in [3.63, 3.8) is 0 Å². The fraction of sp³-hybridized carbons (Fsp3) is 0.448. The van der Waals surface area contributed by atoms with Crippen LogP contribution in [0.4, 0.5) is 11.4 Å². The minimum absolute atomic E-state index is 0.0418. The second-order valence-electron chi connectivity index (χ2n) is 10.8. The van der Waals surface area contributed by atoms with Gasteiger partial charge in [-0.25, -0.2) is 4.98 Å². The van der Waals surface area contributed by atoms with E-state index in [9.17, 15) is 9.59 Å². The van der Waals surface area contributed by atoms with E-state index in [1.54, 1.807) is 0 Å². The van der Waals surface area contributed by atoms with E-state index in [1.165, 1.54) is 12.8 Å². The zero-order valence-corrected chi connectivity index (χ0v) is 21.5. The number of benzene rings is 2. The third-order valence-electron chi connectivity index (χ3n) is 8.37. The molecule has 0 aliphatic carbocycles. The van der Waals surface area contributed by atoms with Crippen molar-refractivity contribution in [2.24, 2.45) is 5.41 Å². The summed E-state index contributed by atoms with van der Waals surface area (Å²) >= 11 is 0. The van der Waals surface area contributed by atoms with E-state index in [4.69, 9.17) is 4.74 Å². The highest BCUT2D eigenvalue weighted by atomic mass is 16.5. The highest BCUT2D eigenvalue weighted by molar-refractivity contribution is 6.01. The number of piperidine rings is 1. The van der Waals surface area contributed by atoms with E-state index in [-0.39, 0.29) is 11.7 Å². The number of ether oxygens (including phenoxy) is 1. The number of H-pyrrole nitrogens is 1. The lowest BCUT2D eigenvalue weighted by Gasteiger charge is -2.45. The van der Waals surface area contributed by atoms with Crippen LogP contribution in [0, 0.1) is 5.41 Å². The zero-order valence-electron chi connectivity index (χ0n) is 21.5. The van der Waals surface area contributed by atoms with Crippen LogP contribution in [0.2, 0.25) is 0 Å². The maximum atomic E-state index is 13.1. The first-order chi connectivity index (χ1) is 18.6. The SMILES string of the molecule is O=C(NC1CCc2ccc(N3CCC4(CCOCC4)CC3)cc2NC1=O)c1n[nH]c(Cc2ccccc2)n1. The number of aromatic amines is 1. The molecule has 6 rings (SSSR count). The molecule has 2 fully saturated rings. The number of carbonyl (C=O) groups excluding carboxylic acids is 2. The molecule has 3 aliphatic rings. The predicted molar refractivity (Wildman–Crippen MR) is 144 cm³/mol. The van der Waals surface area contributed by atoms with Gasteiger partial charge in [0.2, 0.25) is 11.7 Å². The topological polar surface area (TPSA) is 112 Å². The summed E-state index contributed by atoms with van der Waals surface area (Å²) in [5.41, 5.74) is 4.56. The summed E-state index contributed by atoms with van der Waals surface area (Å²) in [6.07, 6.45) is 6.45. The number of anilines is 2. The van der Waals surface area contributed by atoms with Crippen LogP contribution in [0.1, 0.15) is 59.7 Å². The zero-order chi connectivity index (χ0) is 26.0. The number of aryl methyl sites for hydroxylation is 1. The quantitative estimate of drug-likeness (QED) is 0.481. The van der Waals surface area contributed by atoms with Crippen molar-refractivity contribution < 1.29 is 14.3 Å². The van der Waals surface area contributed by atoms with Crippen LogP contribution < -0.4 is 15.5 Å². The second-order valence-corrected chi connectivity index (χ2v) is 10.8. The summed E-state index contributed by atoms with van der Waals surface area (Å²) < 4.78 is 5.58. The Morgan fingerprint density at radius 2 is 1.87 bits per heavy atom. The third-order valence-corrected chi connectivity index (χ3v) is 8.37. The molecule has 9 heteroatoms. The Labute approximate surface area is 222 Å². The van der Waals surface area contributed by atoms with Crippen molar-refractivity contribution in [2.75, 3.05) is 36.5 Å². The van der Waals surface area contributed by atoms with Gasteiger partial charge in [-0.3, -0.25) is 14.7 Å². The van der Waals surface area contributed by atoms with Gasteiger partial charge in [0.25, 0.3) is 5.91 Å². The largest absolute Gasteiger partial charge is 0.381 e. The van der Waals surface area contributed by atoms with Gasteiger partial charge in [0, 0.05) is 44.1 Å². The Hall–Kier alpha value is -3.72. The van der Waals surface area contributed by atoms with Gasteiger partial charge in [0.05, 0.1) is 0 Å². The smallest absolute Gasteiger partial charge is 0.291 e. The number of carbonyl (C=O) groups is 2. The molecular weight excluding hydrogens is 480 g/mol. The lowest BCUT2D eigenvalue weighted by molar-refractivity contribution is -0.118. The summed E-state index contributed by atoms with van der Waals surface area (Å²) in [5.74, 6) is -0.0240. The first-order valence-electron chi connectivity index (χ1n) is 13.6. The third kappa shape index (κ3) is 5.29.